The lowest BCUT2D eigenvalue weighted by atomic mass is 9.96. The monoisotopic (exact) mass is 225 g/mol. The second-order valence-corrected chi connectivity index (χ2v) is 4.30. The Labute approximate surface area is 91.0 Å². The molecule has 1 aliphatic heterocycles. The summed E-state index contributed by atoms with van der Waals surface area (Å²) in [5, 5.41) is 4.38. The molecule has 1 aliphatic rings. The third-order valence-electron chi connectivity index (χ3n) is 2.73. The Morgan fingerprint density at radius 2 is 2.13 bits per heavy atom. The van der Waals surface area contributed by atoms with Crippen molar-refractivity contribution in [3.63, 3.8) is 0 Å². The van der Waals surface area contributed by atoms with E-state index in [0.29, 0.717) is 29.5 Å². The molecule has 4 heteroatoms. The molecule has 1 aromatic heterocycles. The van der Waals surface area contributed by atoms with Gasteiger partial charge in [-0.15, -0.1) is 0 Å². The first-order chi connectivity index (χ1) is 7.17. The van der Waals surface area contributed by atoms with E-state index in [2.05, 4.69) is 5.32 Å². The van der Waals surface area contributed by atoms with E-state index in [-0.39, 0.29) is 0 Å². The van der Waals surface area contributed by atoms with Crippen molar-refractivity contribution in [2.24, 2.45) is 0 Å². The van der Waals surface area contributed by atoms with Crippen molar-refractivity contribution < 1.29 is 8.81 Å². The molecule has 1 saturated heterocycles. The van der Waals surface area contributed by atoms with Crippen molar-refractivity contribution in [2.45, 2.75) is 5.67 Å². The summed E-state index contributed by atoms with van der Waals surface area (Å²) in [7, 11) is 0. The van der Waals surface area contributed by atoms with Crippen molar-refractivity contribution in [2.75, 3.05) is 13.1 Å². The Kier molecular flexibility index (Phi) is 1.82. The minimum atomic E-state index is -1.34. The van der Waals surface area contributed by atoms with E-state index < -0.39 is 5.67 Å². The van der Waals surface area contributed by atoms with Crippen LogP contribution < -0.4 is 5.32 Å². The third-order valence-corrected chi connectivity index (χ3v) is 2.97. The van der Waals surface area contributed by atoms with Gasteiger partial charge in [0.15, 0.2) is 5.67 Å². The van der Waals surface area contributed by atoms with Gasteiger partial charge in [0.1, 0.15) is 11.3 Å². The van der Waals surface area contributed by atoms with Crippen LogP contribution in [-0.4, -0.2) is 13.1 Å². The molecule has 0 unspecified atom stereocenters. The largest absolute Gasteiger partial charge is 0.458 e. The van der Waals surface area contributed by atoms with Crippen LogP contribution in [0, 0.1) is 0 Å². The summed E-state index contributed by atoms with van der Waals surface area (Å²) < 4.78 is 19.4. The van der Waals surface area contributed by atoms with E-state index in [1.165, 1.54) is 0 Å². The third kappa shape index (κ3) is 1.34. The van der Waals surface area contributed by atoms with Crippen molar-refractivity contribution >= 4 is 22.6 Å². The second-order valence-electron chi connectivity index (χ2n) is 3.86. The molecule has 0 spiro atoms. The molecule has 0 aliphatic carbocycles. The first-order valence-electron chi connectivity index (χ1n) is 4.77. The summed E-state index contributed by atoms with van der Waals surface area (Å²) in [6, 6.07) is 7.00. The molecule has 0 radical (unpaired) electrons. The Morgan fingerprint density at radius 3 is 2.80 bits per heavy atom. The van der Waals surface area contributed by atoms with Gasteiger partial charge in [0.25, 0.3) is 0 Å². The number of rotatable bonds is 1. The standard InChI is InChI=1S/C11H9ClFNO/c12-8-1-2-9-7(3-8)4-10(15-9)11(13)5-14-6-11/h1-4,14H,5-6H2. The summed E-state index contributed by atoms with van der Waals surface area (Å²) in [6.45, 7) is 0.640. The molecule has 2 nitrogen and oxygen atoms in total. The zero-order valence-corrected chi connectivity index (χ0v) is 8.64. The van der Waals surface area contributed by atoms with Gasteiger partial charge in [-0.2, -0.15) is 0 Å². The van der Waals surface area contributed by atoms with E-state index in [0.717, 1.165) is 5.39 Å². The van der Waals surface area contributed by atoms with E-state index in [9.17, 15) is 4.39 Å². The van der Waals surface area contributed by atoms with Crippen LogP contribution >= 0.6 is 11.6 Å². The molecule has 2 aromatic rings. The van der Waals surface area contributed by atoms with E-state index in [4.69, 9.17) is 16.0 Å². The summed E-state index contributed by atoms with van der Waals surface area (Å²) in [4.78, 5) is 0. The van der Waals surface area contributed by atoms with Gasteiger partial charge in [-0.1, -0.05) is 11.6 Å². The van der Waals surface area contributed by atoms with Crippen molar-refractivity contribution in [3.8, 4) is 0 Å². The molecular formula is C11H9ClFNO. The topological polar surface area (TPSA) is 25.2 Å². The molecule has 0 saturated carbocycles. The van der Waals surface area contributed by atoms with Gasteiger partial charge in [-0.3, -0.25) is 0 Å². The van der Waals surface area contributed by atoms with Gasteiger partial charge in [0, 0.05) is 23.5 Å². The van der Waals surface area contributed by atoms with E-state index in [1.807, 2.05) is 0 Å². The number of furan rings is 1. The van der Waals surface area contributed by atoms with Crippen LogP contribution in [0.5, 0.6) is 0 Å². The lowest BCUT2D eigenvalue weighted by Gasteiger charge is -2.32. The van der Waals surface area contributed by atoms with Gasteiger partial charge in [-0.25, -0.2) is 4.39 Å². The molecule has 1 N–H and O–H groups in total. The van der Waals surface area contributed by atoms with Crippen LogP contribution in [0.2, 0.25) is 5.02 Å². The molecule has 1 aromatic carbocycles. The quantitative estimate of drug-likeness (QED) is 0.808. The van der Waals surface area contributed by atoms with E-state index >= 15 is 0 Å². The van der Waals surface area contributed by atoms with Crippen molar-refractivity contribution in [1.29, 1.82) is 0 Å². The van der Waals surface area contributed by atoms with Crippen LogP contribution in [-0.2, 0) is 5.67 Å². The lowest BCUT2D eigenvalue weighted by Crippen LogP contribution is -2.53. The Morgan fingerprint density at radius 1 is 1.33 bits per heavy atom. The van der Waals surface area contributed by atoms with Crippen LogP contribution in [0.1, 0.15) is 5.76 Å². The number of hydrogen-bond donors (Lipinski definition) is 1. The average molecular weight is 226 g/mol. The maximum atomic E-state index is 14.0. The van der Waals surface area contributed by atoms with Crippen LogP contribution in [0.15, 0.2) is 28.7 Å². The normalized spacial score (nSPS) is 19.1. The zero-order chi connectivity index (χ0) is 10.5. The van der Waals surface area contributed by atoms with Crippen molar-refractivity contribution in [3.05, 3.63) is 35.0 Å². The number of alkyl halides is 1. The summed E-state index contributed by atoms with van der Waals surface area (Å²) in [5.74, 6) is 0.388. The summed E-state index contributed by atoms with van der Waals surface area (Å²) in [5.41, 5.74) is -0.663. The number of hydrogen-bond acceptors (Lipinski definition) is 2. The number of benzene rings is 1. The Balaban J connectivity index is 2.14. The summed E-state index contributed by atoms with van der Waals surface area (Å²) in [6.07, 6.45) is 0. The maximum absolute atomic E-state index is 14.0. The molecular weight excluding hydrogens is 217 g/mol. The summed E-state index contributed by atoms with van der Waals surface area (Å²) >= 11 is 5.84. The highest BCUT2D eigenvalue weighted by Crippen LogP contribution is 2.34. The van der Waals surface area contributed by atoms with Gasteiger partial charge < -0.3 is 9.73 Å². The van der Waals surface area contributed by atoms with E-state index in [1.54, 1.807) is 24.3 Å². The van der Waals surface area contributed by atoms with Crippen molar-refractivity contribution in [1.82, 2.24) is 5.32 Å². The van der Waals surface area contributed by atoms with Gasteiger partial charge in [0.2, 0.25) is 0 Å². The molecule has 2 heterocycles. The molecule has 0 atom stereocenters. The van der Waals surface area contributed by atoms with Gasteiger partial charge in [0.05, 0.1) is 0 Å². The molecule has 0 bridgehead atoms. The van der Waals surface area contributed by atoms with Crippen LogP contribution in [0.4, 0.5) is 4.39 Å². The molecule has 15 heavy (non-hydrogen) atoms. The first-order valence-corrected chi connectivity index (χ1v) is 5.14. The average Bonchev–Trinajstić information content (AvgIpc) is 2.57. The minimum absolute atomic E-state index is 0.320. The fourth-order valence-corrected chi connectivity index (χ4v) is 1.93. The predicted octanol–water partition coefficient (Wildman–Crippen LogP) is 2.85. The second kappa shape index (κ2) is 2.97. The smallest absolute Gasteiger partial charge is 0.192 e. The number of halogens is 2. The van der Waals surface area contributed by atoms with Crippen LogP contribution in [0.3, 0.4) is 0 Å². The van der Waals surface area contributed by atoms with Gasteiger partial charge >= 0.3 is 0 Å². The molecule has 3 rings (SSSR count). The fraction of sp³-hybridized carbons (Fsp3) is 0.273. The molecule has 0 amide bonds. The highest BCUT2D eigenvalue weighted by Gasteiger charge is 2.42. The zero-order valence-electron chi connectivity index (χ0n) is 7.89. The molecule has 1 fully saturated rings. The Bertz CT molecular complexity index is 518. The highest BCUT2D eigenvalue weighted by molar-refractivity contribution is 6.31. The Hall–Kier alpha value is -1.06. The number of fused-ring (bicyclic) bond motifs is 1. The lowest BCUT2D eigenvalue weighted by molar-refractivity contribution is 0.0647. The molecule has 78 valence electrons. The maximum Gasteiger partial charge on any atom is 0.192 e. The minimum Gasteiger partial charge on any atom is -0.458 e. The number of nitrogens with one attached hydrogen (secondary N) is 1. The fourth-order valence-electron chi connectivity index (χ4n) is 1.75. The first kappa shape index (κ1) is 9.19. The highest BCUT2D eigenvalue weighted by atomic mass is 35.5. The van der Waals surface area contributed by atoms with Crippen LogP contribution in [0.25, 0.3) is 11.0 Å². The van der Waals surface area contributed by atoms with Gasteiger partial charge in [-0.05, 0) is 24.3 Å². The SMILES string of the molecule is FC1(c2cc3cc(Cl)ccc3o2)CNC1. The predicted molar refractivity (Wildman–Crippen MR) is 56.9 cm³/mol.